The van der Waals surface area contributed by atoms with E-state index in [4.69, 9.17) is 9.72 Å². The van der Waals surface area contributed by atoms with E-state index in [1.807, 2.05) is 25.4 Å². The van der Waals surface area contributed by atoms with Crippen LogP contribution in [0.25, 0.3) is 5.65 Å². The van der Waals surface area contributed by atoms with E-state index in [0.29, 0.717) is 30.2 Å². The summed E-state index contributed by atoms with van der Waals surface area (Å²) in [7, 11) is 0. The number of aromatic nitrogens is 4. The second-order valence-electron chi connectivity index (χ2n) is 6.97. The summed E-state index contributed by atoms with van der Waals surface area (Å²) in [5, 5.41) is 7.12. The van der Waals surface area contributed by atoms with E-state index in [0.717, 1.165) is 36.3 Å². The zero-order chi connectivity index (χ0) is 18.4. The summed E-state index contributed by atoms with van der Waals surface area (Å²) in [6.07, 6.45) is 7.31. The number of fused-ring (bicyclic) bond motifs is 5. The van der Waals surface area contributed by atoms with Crippen LogP contribution in [0.15, 0.2) is 30.7 Å². The van der Waals surface area contributed by atoms with Gasteiger partial charge in [-0.25, -0.2) is 14.5 Å². The van der Waals surface area contributed by atoms with Crippen LogP contribution < -0.4 is 15.0 Å². The second kappa shape index (κ2) is 6.22. The maximum Gasteiger partial charge on any atom is 0.256 e. The quantitative estimate of drug-likeness (QED) is 0.656. The molecule has 0 radical (unpaired) electrons. The molecule has 0 aromatic carbocycles. The van der Waals surface area contributed by atoms with E-state index in [2.05, 4.69) is 26.4 Å². The molecular formula is C19H20N6O2. The number of anilines is 1. The third-order valence-electron chi connectivity index (χ3n) is 5.15. The van der Waals surface area contributed by atoms with Gasteiger partial charge in [-0.05, 0) is 37.5 Å². The zero-order valence-electron chi connectivity index (χ0n) is 15.1. The van der Waals surface area contributed by atoms with E-state index < -0.39 is 0 Å². The molecule has 1 saturated heterocycles. The van der Waals surface area contributed by atoms with Crippen molar-refractivity contribution in [2.24, 2.45) is 0 Å². The number of aryl methyl sites for hydroxylation is 1. The fourth-order valence-electron chi connectivity index (χ4n) is 3.89. The van der Waals surface area contributed by atoms with E-state index in [9.17, 15) is 4.79 Å². The third kappa shape index (κ3) is 2.68. The van der Waals surface area contributed by atoms with Crippen LogP contribution in [-0.2, 0) is 0 Å². The molecule has 1 N–H and O–H groups in total. The third-order valence-corrected chi connectivity index (χ3v) is 5.15. The van der Waals surface area contributed by atoms with Crippen molar-refractivity contribution in [2.75, 3.05) is 24.6 Å². The van der Waals surface area contributed by atoms with Gasteiger partial charge in [-0.2, -0.15) is 5.10 Å². The minimum Gasteiger partial charge on any atom is -0.476 e. The van der Waals surface area contributed by atoms with E-state index in [1.165, 1.54) is 0 Å². The molecule has 2 bridgehead atoms. The molecule has 5 rings (SSSR count). The van der Waals surface area contributed by atoms with Gasteiger partial charge in [-0.1, -0.05) is 0 Å². The molecule has 8 nitrogen and oxygen atoms in total. The molecule has 0 unspecified atom stereocenters. The van der Waals surface area contributed by atoms with Gasteiger partial charge in [0.2, 0.25) is 5.88 Å². The highest BCUT2D eigenvalue weighted by molar-refractivity contribution is 5.99. The lowest BCUT2D eigenvalue weighted by atomic mass is 10.0. The summed E-state index contributed by atoms with van der Waals surface area (Å²) in [6.45, 7) is 3.68. The summed E-state index contributed by atoms with van der Waals surface area (Å²) < 4.78 is 7.57. The highest BCUT2D eigenvalue weighted by Crippen LogP contribution is 2.39. The topological polar surface area (TPSA) is 84.7 Å². The highest BCUT2D eigenvalue weighted by atomic mass is 16.5. The molecule has 3 aromatic heterocycles. The van der Waals surface area contributed by atoms with Crippen LogP contribution in [0, 0.1) is 6.92 Å². The van der Waals surface area contributed by atoms with Gasteiger partial charge in [0.25, 0.3) is 5.91 Å². The van der Waals surface area contributed by atoms with Gasteiger partial charge in [0.1, 0.15) is 18.0 Å². The highest BCUT2D eigenvalue weighted by Gasteiger charge is 2.31. The number of carbonyl (C=O) groups excluding carboxylic acids is 1. The average Bonchev–Trinajstić information content (AvgIpc) is 3.31. The number of carbonyl (C=O) groups is 1. The zero-order valence-corrected chi connectivity index (χ0v) is 15.1. The van der Waals surface area contributed by atoms with Crippen LogP contribution >= 0.6 is 0 Å². The molecular weight excluding hydrogens is 344 g/mol. The Morgan fingerprint density at radius 3 is 3.19 bits per heavy atom. The molecule has 1 amide bonds. The van der Waals surface area contributed by atoms with Crippen molar-refractivity contribution in [1.82, 2.24) is 24.9 Å². The Labute approximate surface area is 156 Å². The van der Waals surface area contributed by atoms with Gasteiger partial charge in [0.15, 0.2) is 5.65 Å². The summed E-state index contributed by atoms with van der Waals surface area (Å²) in [5.41, 5.74) is 3.22. The fraction of sp³-hybridized carbons (Fsp3) is 0.368. The van der Waals surface area contributed by atoms with Crippen molar-refractivity contribution in [2.45, 2.75) is 25.8 Å². The summed E-state index contributed by atoms with van der Waals surface area (Å²) in [4.78, 5) is 24.1. The van der Waals surface area contributed by atoms with Crippen LogP contribution in [-0.4, -0.2) is 45.2 Å². The van der Waals surface area contributed by atoms with Crippen molar-refractivity contribution in [3.63, 3.8) is 0 Å². The monoisotopic (exact) mass is 364 g/mol. The number of pyridine rings is 1. The number of nitrogens with one attached hydrogen (secondary N) is 1. The minimum atomic E-state index is -0.201. The Bertz CT molecular complexity index is 1030. The van der Waals surface area contributed by atoms with Crippen molar-refractivity contribution in [1.29, 1.82) is 0 Å². The molecule has 2 aliphatic heterocycles. The lowest BCUT2D eigenvalue weighted by Gasteiger charge is -2.27. The van der Waals surface area contributed by atoms with Crippen LogP contribution in [0.2, 0.25) is 0 Å². The van der Waals surface area contributed by atoms with Gasteiger partial charge in [0.05, 0.1) is 18.8 Å². The van der Waals surface area contributed by atoms with Gasteiger partial charge < -0.3 is 15.0 Å². The Morgan fingerprint density at radius 1 is 1.33 bits per heavy atom. The minimum absolute atomic E-state index is 0.151. The first-order chi connectivity index (χ1) is 13.2. The SMILES string of the molecule is Cc1cnc2c(c1)[C@H]1CCCN1c1ccn3ncc(c3n1)C(=O)NCCO2. The molecule has 0 saturated carbocycles. The normalized spacial score (nSPS) is 19.5. The fourth-order valence-corrected chi connectivity index (χ4v) is 3.89. The maximum absolute atomic E-state index is 12.5. The average molecular weight is 364 g/mol. The molecule has 1 atom stereocenters. The number of ether oxygens (including phenoxy) is 1. The Balaban J connectivity index is 1.67. The van der Waals surface area contributed by atoms with Gasteiger partial charge >= 0.3 is 0 Å². The Morgan fingerprint density at radius 2 is 2.26 bits per heavy atom. The maximum atomic E-state index is 12.5. The van der Waals surface area contributed by atoms with Crippen molar-refractivity contribution < 1.29 is 9.53 Å². The number of rotatable bonds is 0. The van der Waals surface area contributed by atoms with Crippen LogP contribution in [0.1, 0.15) is 40.4 Å². The first kappa shape index (κ1) is 16.0. The molecule has 138 valence electrons. The predicted octanol–water partition coefficient (Wildman–Crippen LogP) is 1.90. The van der Waals surface area contributed by atoms with Gasteiger partial charge in [0, 0.05) is 24.5 Å². The van der Waals surface area contributed by atoms with Crippen LogP contribution in [0.3, 0.4) is 0 Å². The number of hydrogen-bond acceptors (Lipinski definition) is 6. The van der Waals surface area contributed by atoms with Gasteiger partial charge in [-0.3, -0.25) is 4.79 Å². The first-order valence-corrected chi connectivity index (χ1v) is 9.19. The molecule has 2 aliphatic rings. The van der Waals surface area contributed by atoms with Crippen LogP contribution in [0.5, 0.6) is 5.88 Å². The Hall–Kier alpha value is -3.16. The molecule has 1 fully saturated rings. The van der Waals surface area contributed by atoms with E-state index in [1.54, 1.807) is 10.7 Å². The van der Waals surface area contributed by atoms with Crippen molar-refractivity contribution >= 4 is 17.4 Å². The number of nitrogens with zero attached hydrogens (tertiary/aromatic N) is 5. The lowest BCUT2D eigenvalue weighted by Crippen LogP contribution is -2.28. The summed E-state index contributed by atoms with van der Waals surface area (Å²) >= 11 is 0. The first-order valence-electron chi connectivity index (χ1n) is 9.19. The van der Waals surface area contributed by atoms with E-state index in [-0.39, 0.29) is 11.9 Å². The predicted molar refractivity (Wildman–Crippen MR) is 99.1 cm³/mol. The largest absolute Gasteiger partial charge is 0.476 e. The summed E-state index contributed by atoms with van der Waals surface area (Å²) in [6, 6.07) is 4.24. The molecule has 0 aliphatic carbocycles. The number of amides is 1. The second-order valence-corrected chi connectivity index (χ2v) is 6.97. The standard InChI is InChI=1S/C19H20N6O2/c1-12-9-13-15-3-2-6-24(15)16-4-7-25-17(23-16)14(11-22-25)18(26)20-5-8-27-19(13)21-10-12/h4,7,9-11,15H,2-3,5-6,8H2,1H3,(H,20,26)/t15-/m1/s1. The number of hydrogen-bond donors (Lipinski definition) is 1. The summed E-state index contributed by atoms with van der Waals surface area (Å²) in [5.74, 6) is 1.27. The van der Waals surface area contributed by atoms with Gasteiger partial charge in [-0.15, -0.1) is 0 Å². The smallest absolute Gasteiger partial charge is 0.256 e. The molecule has 27 heavy (non-hydrogen) atoms. The molecule has 0 spiro atoms. The van der Waals surface area contributed by atoms with E-state index >= 15 is 0 Å². The molecule has 8 heteroatoms. The Kier molecular flexibility index (Phi) is 3.70. The van der Waals surface area contributed by atoms with Crippen molar-refractivity contribution in [3.8, 4) is 5.88 Å². The lowest BCUT2D eigenvalue weighted by molar-refractivity contribution is 0.0948. The molecule has 5 heterocycles. The molecule has 3 aromatic rings. The van der Waals surface area contributed by atoms with Crippen LogP contribution in [0.4, 0.5) is 5.82 Å². The van der Waals surface area contributed by atoms with Crippen molar-refractivity contribution in [3.05, 3.63) is 47.4 Å².